The Morgan fingerprint density at radius 1 is 1.47 bits per heavy atom. The Morgan fingerprint density at radius 3 is 2.94 bits per heavy atom. The summed E-state index contributed by atoms with van der Waals surface area (Å²) in [5.41, 5.74) is 8.21. The van der Waals surface area contributed by atoms with Gasteiger partial charge in [0.1, 0.15) is 0 Å². The summed E-state index contributed by atoms with van der Waals surface area (Å²) < 4.78 is 11.4. The number of nitrogens with two attached hydrogens (primary N) is 1. The third kappa shape index (κ3) is 3.28. The van der Waals surface area contributed by atoms with Crippen LogP contribution in [0, 0.1) is 6.92 Å². The van der Waals surface area contributed by atoms with Crippen molar-refractivity contribution in [3.05, 3.63) is 35.4 Å². The first-order valence-electron chi connectivity index (χ1n) is 6.30. The van der Waals surface area contributed by atoms with E-state index >= 15 is 0 Å². The fraction of sp³-hybridized carbons (Fsp3) is 0.571. The van der Waals surface area contributed by atoms with E-state index in [1.165, 1.54) is 11.1 Å². The van der Waals surface area contributed by atoms with Crippen LogP contribution in [0.4, 0.5) is 0 Å². The van der Waals surface area contributed by atoms with Gasteiger partial charge in [-0.1, -0.05) is 24.3 Å². The number of hydrogen-bond donors (Lipinski definition) is 1. The maximum atomic E-state index is 5.89. The van der Waals surface area contributed by atoms with Crippen LogP contribution in [0.25, 0.3) is 0 Å². The molecule has 1 aliphatic heterocycles. The minimum atomic E-state index is -0.0135. The number of ether oxygens (including phenoxy) is 2. The maximum absolute atomic E-state index is 5.89. The molecule has 0 amide bonds. The first kappa shape index (κ1) is 12.6. The van der Waals surface area contributed by atoms with Crippen LogP contribution in [0.15, 0.2) is 24.3 Å². The van der Waals surface area contributed by atoms with Crippen molar-refractivity contribution in [3.63, 3.8) is 0 Å². The van der Waals surface area contributed by atoms with E-state index < -0.39 is 0 Å². The molecule has 0 bridgehead atoms. The van der Waals surface area contributed by atoms with Gasteiger partial charge >= 0.3 is 0 Å². The van der Waals surface area contributed by atoms with E-state index in [1.807, 2.05) is 12.1 Å². The Kier molecular flexibility index (Phi) is 4.54. The molecule has 0 aromatic heterocycles. The normalized spacial score (nSPS) is 21.6. The van der Waals surface area contributed by atoms with Gasteiger partial charge in [-0.15, -0.1) is 0 Å². The van der Waals surface area contributed by atoms with Crippen LogP contribution in [-0.2, 0) is 9.47 Å². The van der Waals surface area contributed by atoms with Crippen molar-refractivity contribution in [3.8, 4) is 0 Å². The first-order valence-corrected chi connectivity index (χ1v) is 6.30. The van der Waals surface area contributed by atoms with Crippen molar-refractivity contribution in [1.82, 2.24) is 0 Å². The highest BCUT2D eigenvalue weighted by Gasteiger charge is 2.19. The molecule has 0 radical (unpaired) electrons. The maximum Gasteiger partial charge on any atom is 0.0950 e. The zero-order valence-corrected chi connectivity index (χ0v) is 10.4. The highest BCUT2D eigenvalue weighted by atomic mass is 16.5. The van der Waals surface area contributed by atoms with Crippen molar-refractivity contribution in [1.29, 1.82) is 0 Å². The Balaban J connectivity index is 1.94. The summed E-state index contributed by atoms with van der Waals surface area (Å²) in [6, 6.07) is 8.24. The molecule has 1 heterocycles. The van der Waals surface area contributed by atoms with Gasteiger partial charge in [-0.2, -0.15) is 0 Å². The molecule has 1 fully saturated rings. The first-order chi connectivity index (χ1) is 8.31. The molecular formula is C14H21NO2. The summed E-state index contributed by atoms with van der Waals surface area (Å²) in [4.78, 5) is 0. The van der Waals surface area contributed by atoms with Crippen molar-refractivity contribution in [2.24, 2.45) is 5.73 Å². The fourth-order valence-corrected chi connectivity index (χ4v) is 2.23. The average molecular weight is 235 g/mol. The molecule has 1 aromatic carbocycles. The van der Waals surface area contributed by atoms with E-state index in [0.717, 1.165) is 19.4 Å². The van der Waals surface area contributed by atoms with Gasteiger partial charge in [0, 0.05) is 13.2 Å². The predicted molar refractivity (Wildman–Crippen MR) is 67.9 cm³/mol. The molecule has 1 saturated heterocycles. The fourth-order valence-electron chi connectivity index (χ4n) is 2.23. The van der Waals surface area contributed by atoms with Gasteiger partial charge < -0.3 is 15.2 Å². The molecule has 0 aliphatic carbocycles. The molecule has 1 aliphatic rings. The number of aryl methyl sites for hydroxylation is 1. The minimum absolute atomic E-state index is 0.0135. The van der Waals surface area contributed by atoms with E-state index in [1.54, 1.807) is 0 Å². The molecule has 2 atom stereocenters. The molecule has 1 aromatic rings. The second-order valence-electron chi connectivity index (χ2n) is 4.55. The molecular weight excluding hydrogens is 214 g/mol. The molecule has 2 rings (SSSR count). The SMILES string of the molecule is Cc1ccccc1C(CN)OCC1CCCO1. The van der Waals surface area contributed by atoms with Gasteiger partial charge in [-0.3, -0.25) is 0 Å². The third-order valence-electron chi connectivity index (χ3n) is 3.26. The van der Waals surface area contributed by atoms with Crippen LogP contribution in [0.3, 0.4) is 0 Å². The Morgan fingerprint density at radius 2 is 2.29 bits per heavy atom. The lowest BCUT2D eigenvalue weighted by molar-refractivity contribution is -0.0183. The third-order valence-corrected chi connectivity index (χ3v) is 3.26. The van der Waals surface area contributed by atoms with Crippen LogP contribution >= 0.6 is 0 Å². The lowest BCUT2D eigenvalue weighted by Crippen LogP contribution is -2.22. The largest absolute Gasteiger partial charge is 0.376 e. The standard InChI is InChI=1S/C14H21NO2/c1-11-5-2-3-7-13(11)14(9-15)17-10-12-6-4-8-16-12/h2-3,5,7,12,14H,4,6,8-10,15H2,1H3. The highest BCUT2D eigenvalue weighted by Crippen LogP contribution is 2.22. The zero-order valence-electron chi connectivity index (χ0n) is 10.4. The van der Waals surface area contributed by atoms with Crippen LogP contribution in [-0.4, -0.2) is 25.9 Å². The zero-order chi connectivity index (χ0) is 12.1. The van der Waals surface area contributed by atoms with Crippen LogP contribution in [0.1, 0.15) is 30.1 Å². The van der Waals surface area contributed by atoms with Gasteiger partial charge in [0.15, 0.2) is 0 Å². The van der Waals surface area contributed by atoms with Gasteiger partial charge in [0.2, 0.25) is 0 Å². The summed E-state index contributed by atoms with van der Waals surface area (Å²) in [5, 5.41) is 0. The van der Waals surface area contributed by atoms with Gasteiger partial charge in [0.25, 0.3) is 0 Å². The second-order valence-corrected chi connectivity index (χ2v) is 4.55. The summed E-state index contributed by atoms with van der Waals surface area (Å²) in [6.45, 7) is 4.12. The summed E-state index contributed by atoms with van der Waals surface area (Å²) in [5.74, 6) is 0. The Bertz CT molecular complexity index is 348. The van der Waals surface area contributed by atoms with E-state index in [-0.39, 0.29) is 12.2 Å². The second kappa shape index (κ2) is 6.15. The predicted octanol–water partition coefficient (Wildman–Crippen LogP) is 2.19. The summed E-state index contributed by atoms with van der Waals surface area (Å²) >= 11 is 0. The van der Waals surface area contributed by atoms with E-state index in [4.69, 9.17) is 15.2 Å². The molecule has 17 heavy (non-hydrogen) atoms. The van der Waals surface area contributed by atoms with E-state index in [2.05, 4.69) is 19.1 Å². The number of benzene rings is 1. The van der Waals surface area contributed by atoms with Crippen molar-refractivity contribution in [2.45, 2.75) is 32.0 Å². The van der Waals surface area contributed by atoms with Gasteiger partial charge in [-0.25, -0.2) is 0 Å². The van der Waals surface area contributed by atoms with Crippen LogP contribution < -0.4 is 5.73 Å². The Labute approximate surface area is 103 Å². The average Bonchev–Trinajstić information content (AvgIpc) is 2.85. The minimum Gasteiger partial charge on any atom is -0.376 e. The van der Waals surface area contributed by atoms with E-state index in [9.17, 15) is 0 Å². The van der Waals surface area contributed by atoms with Crippen molar-refractivity contribution >= 4 is 0 Å². The number of hydrogen-bond acceptors (Lipinski definition) is 3. The molecule has 3 nitrogen and oxygen atoms in total. The van der Waals surface area contributed by atoms with Crippen molar-refractivity contribution in [2.75, 3.05) is 19.8 Å². The molecule has 2 N–H and O–H groups in total. The number of rotatable bonds is 5. The smallest absolute Gasteiger partial charge is 0.0950 e. The highest BCUT2D eigenvalue weighted by molar-refractivity contribution is 5.28. The summed E-state index contributed by atoms with van der Waals surface area (Å²) in [6.07, 6.45) is 2.49. The molecule has 2 unspecified atom stereocenters. The molecule has 0 saturated carbocycles. The summed E-state index contributed by atoms with van der Waals surface area (Å²) in [7, 11) is 0. The Hall–Kier alpha value is -0.900. The lowest BCUT2D eigenvalue weighted by atomic mass is 10.0. The van der Waals surface area contributed by atoms with Gasteiger partial charge in [-0.05, 0) is 30.9 Å². The topological polar surface area (TPSA) is 44.5 Å². The monoisotopic (exact) mass is 235 g/mol. The molecule has 0 spiro atoms. The van der Waals surface area contributed by atoms with Crippen LogP contribution in [0.2, 0.25) is 0 Å². The van der Waals surface area contributed by atoms with E-state index in [0.29, 0.717) is 13.2 Å². The van der Waals surface area contributed by atoms with Crippen molar-refractivity contribution < 1.29 is 9.47 Å². The lowest BCUT2D eigenvalue weighted by Gasteiger charge is -2.20. The van der Waals surface area contributed by atoms with Crippen LogP contribution in [0.5, 0.6) is 0 Å². The van der Waals surface area contributed by atoms with Gasteiger partial charge in [0.05, 0.1) is 18.8 Å². The molecule has 3 heteroatoms. The quantitative estimate of drug-likeness (QED) is 0.851. The molecule has 94 valence electrons.